The van der Waals surface area contributed by atoms with Crippen LogP contribution in [0.5, 0.6) is 0 Å². The highest BCUT2D eigenvalue weighted by atomic mass is 19.1. The molecule has 3 heteroatoms. The summed E-state index contributed by atoms with van der Waals surface area (Å²) in [4.78, 5) is 0. The summed E-state index contributed by atoms with van der Waals surface area (Å²) < 4.78 is 13.1. The van der Waals surface area contributed by atoms with Crippen molar-refractivity contribution in [2.75, 3.05) is 5.32 Å². The first-order valence-electron chi connectivity index (χ1n) is 4.09. The largest absolute Gasteiger partial charge is 0.380 e. The van der Waals surface area contributed by atoms with Crippen molar-refractivity contribution in [2.45, 2.75) is 19.9 Å². The highest BCUT2D eigenvalue weighted by Crippen LogP contribution is 2.16. The summed E-state index contributed by atoms with van der Waals surface area (Å²) in [6.45, 7) is 3.83. The van der Waals surface area contributed by atoms with E-state index in [1.165, 1.54) is 18.2 Å². The Balaban J connectivity index is 2.99. The highest BCUT2D eigenvalue weighted by molar-refractivity contribution is 5.50. The maximum atomic E-state index is 13.1. The van der Waals surface area contributed by atoms with Crippen LogP contribution in [0.4, 0.5) is 10.1 Å². The van der Waals surface area contributed by atoms with E-state index in [0.29, 0.717) is 11.3 Å². The molecule has 0 aliphatic rings. The quantitative estimate of drug-likeness (QED) is 0.755. The number of benzene rings is 1. The van der Waals surface area contributed by atoms with E-state index in [0.717, 1.165) is 0 Å². The van der Waals surface area contributed by atoms with Crippen LogP contribution in [0.25, 0.3) is 0 Å². The number of nitrogens with zero attached hydrogens (tertiary/aromatic N) is 1. The lowest BCUT2D eigenvalue weighted by molar-refractivity contribution is 0.628. The van der Waals surface area contributed by atoms with Crippen molar-refractivity contribution < 1.29 is 4.39 Å². The standard InChI is InChI=1S/C10H11FN2/c1-7(2)13-10-5-8(6-12)3-4-9(10)11/h3-5,7,13H,1-2H3. The first-order valence-corrected chi connectivity index (χ1v) is 4.09. The molecule has 0 bridgehead atoms. The molecule has 1 rings (SSSR count). The van der Waals surface area contributed by atoms with Crippen LogP contribution < -0.4 is 5.32 Å². The van der Waals surface area contributed by atoms with Crippen LogP contribution in [-0.2, 0) is 0 Å². The molecule has 0 saturated carbocycles. The molecule has 0 spiro atoms. The molecule has 0 unspecified atom stereocenters. The lowest BCUT2D eigenvalue weighted by Crippen LogP contribution is -2.11. The second kappa shape index (κ2) is 3.90. The van der Waals surface area contributed by atoms with Gasteiger partial charge in [0.1, 0.15) is 5.82 Å². The minimum atomic E-state index is -0.326. The molecular weight excluding hydrogens is 167 g/mol. The summed E-state index contributed by atoms with van der Waals surface area (Å²) >= 11 is 0. The molecule has 1 aromatic carbocycles. The number of hydrogen-bond donors (Lipinski definition) is 1. The van der Waals surface area contributed by atoms with Crippen LogP contribution in [0.15, 0.2) is 18.2 Å². The topological polar surface area (TPSA) is 35.8 Å². The van der Waals surface area contributed by atoms with Gasteiger partial charge < -0.3 is 5.32 Å². The third-order valence-electron chi connectivity index (χ3n) is 1.54. The summed E-state index contributed by atoms with van der Waals surface area (Å²) in [7, 11) is 0. The third kappa shape index (κ3) is 2.45. The van der Waals surface area contributed by atoms with Crippen molar-refractivity contribution >= 4 is 5.69 Å². The van der Waals surface area contributed by atoms with Crippen molar-refractivity contribution in [3.63, 3.8) is 0 Å². The number of halogens is 1. The van der Waals surface area contributed by atoms with Gasteiger partial charge in [0, 0.05) is 6.04 Å². The van der Waals surface area contributed by atoms with Gasteiger partial charge in [-0.1, -0.05) is 0 Å². The maximum Gasteiger partial charge on any atom is 0.146 e. The Morgan fingerprint density at radius 1 is 1.46 bits per heavy atom. The Hall–Kier alpha value is -1.56. The summed E-state index contributed by atoms with van der Waals surface area (Å²) in [5, 5.41) is 11.5. The Labute approximate surface area is 77.0 Å². The van der Waals surface area contributed by atoms with Crippen LogP contribution in [0.1, 0.15) is 19.4 Å². The first kappa shape index (κ1) is 9.53. The zero-order chi connectivity index (χ0) is 9.84. The van der Waals surface area contributed by atoms with Crippen molar-refractivity contribution in [3.8, 4) is 6.07 Å². The number of nitriles is 1. The van der Waals surface area contributed by atoms with Gasteiger partial charge in [0.05, 0.1) is 17.3 Å². The van der Waals surface area contributed by atoms with Gasteiger partial charge in [0.15, 0.2) is 0 Å². The van der Waals surface area contributed by atoms with E-state index in [9.17, 15) is 4.39 Å². The lowest BCUT2D eigenvalue weighted by Gasteiger charge is -2.10. The van der Waals surface area contributed by atoms with Crippen LogP contribution in [0.2, 0.25) is 0 Å². The average molecular weight is 178 g/mol. The molecule has 0 saturated heterocycles. The van der Waals surface area contributed by atoms with Gasteiger partial charge in [-0.3, -0.25) is 0 Å². The smallest absolute Gasteiger partial charge is 0.146 e. The molecule has 0 heterocycles. The van der Waals surface area contributed by atoms with Crippen LogP contribution >= 0.6 is 0 Å². The summed E-state index contributed by atoms with van der Waals surface area (Å²) in [6, 6.07) is 6.38. The normalized spacial score (nSPS) is 9.77. The second-order valence-corrected chi connectivity index (χ2v) is 3.11. The van der Waals surface area contributed by atoms with E-state index in [2.05, 4.69) is 5.32 Å². The van der Waals surface area contributed by atoms with Crippen LogP contribution in [0, 0.1) is 17.1 Å². The second-order valence-electron chi connectivity index (χ2n) is 3.11. The minimum absolute atomic E-state index is 0.156. The monoisotopic (exact) mass is 178 g/mol. The van der Waals surface area contributed by atoms with Gasteiger partial charge in [-0.2, -0.15) is 5.26 Å². The SMILES string of the molecule is CC(C)Nc1cc(C#N)ccc1F. The molecule has 1 N–H and O–H groups in total. The Morgan fingerprint density at radius 2 is 2.15 bits per heavy atom. The molecule has 68 valence electrons. The number of rotatable bonds is 2. The fourth-order valence-corrected chi connectivity index (χ4v) is 1.02. The molecule has 0 aliphatic carbocycles. The van der Waals surface area contributed by atoms with E-state index in [1.807, 2.05) is 19.9 Å². The fourth-order valence-electron chi connectivity index (χ4n) is 1.02. The van der Waals surface area contributed by atoms with Crippen molar-refractivity contribution in [1.82, 2.24) is 0 Å². The van der Waals surface area contributed by atoms with Gasteiger partial charge in [-0.05, 0) is 32.0 Å². The Morgan fingerprint density at radius 3 is 2.69 bits per heavy atom. The predicted octanol–water partition coefficient (Wildman–Crippen LogP) is 2.52. The molecule has 1 aromatic rings. The number of anilines is 1. The molecule has 0 fully saturated rings. The third-order valence-corrected chi connectivity index (χ3v) is 1.54. The van der Waals surface area contributed by atoms with Crippen molar-refractivity contribution in [2.24, 2.45) is 0 Å². The fraction of sp³-hybridized carbons (Fsp3) is 0.300. The summed E-state index contributed by atoms with van der Waals surface area (Å²) in [5.41, 5.74) is 0.846. The lowest BCUT2D eigenvalue weighted by atomic mass is 10.2. The molecular formula is C10H11FN2. The molecule has 0 aliphatic heterocycles. The van der Waals surface area contributed by atoms with Crippen molar-refractivity contribution in [1.29, 1.82) is 5.26 Å². The van der Waals surface area contributed by atoms with Crippen LogP contribution in [0.3, 0.4) is 0 Å². The van der Waals surface area contributed by atoms with Gasteiger partial charge in [0.2, 0.25) is 0 Å². The van der Waals surface area contributed by atoms with Gasteiger partial charge >= 0.3 is 0 Å². The minimum Gasteiger partial charge on any atom is -0.380 e. The number of hydrogen-bond acceptors (Lipinski definition) is 2. The molecule has 0 aromatic heterocycles. The molecule has 0 radical (unpaired) electrons. The highest BCUT2D eigenvalue weighted by Gasteiger charge is 2.03. The Kier molecular flexibility index (Phi) is 2.86. The van der Waals surface area contributed by atoms with E-state index >= 15 is 0 Å². The Bertz CT molecular complexity index is 339. The molecule has 0 amide bonds. The first-order chi connectivity index (χ1) is 6.13. The summed E-state index contributed by atoms with van der Waals surface area (Å²) in [6.07, 6.45) is 0. The zero-order valence-electron chi connectivity index (χ0n) is 7.63. The maximum absolute atomic E-state index is 13.1. The predicted molar refractivity (Wildman–Crippen MR) is 49.9 cm³/mol. The van der Waals surface area contributed by atoms with Gasteiger partial charge in [0.25, 0.3) is 0 Å². The van der Waals surface area contributed by atoms with E-state index in [1.54, 1.807) is 0 Å². The van der Waals surface area contributed by atoms with E-state index in [4.69, 9.17) is 5.26 Å². The zero-order valence-corrected chi connectivity index (χ0v) is 7.63. The van der Waals surface area contributed by atoms with E-state index < -0.39 is 0 Å². The molecule has 2 nitrogen and oxygen atoms in total. The van der Waals surface area contributed by atoms with Crippen LogP contribution in [-0.4, -0.2) is 6.04 Å². The number of nitrogens with one attached hydrogen (secondary N) is 1. The summed E-state index contributed by atoms with van der Waals surface area (Å²) in [5.74, 6) is -0.326. The molecule has 13 heavy (non-hydrogen) atoms. The van der Waals surface area contributed by atoms with Crippen molar-refractivity contribution in [3.05, 3.63) is 29.6 Å². The van der Waals surface area contributed by atoms with Gasteiger partial charge in [-0.25, -0.2) is 4.39 Å². The molecule has 0 atom stereocenters. The average Bonchev–Trinajstić information content (AvgIpc) is 2.08. The van der Waals surface area contributed by atoms with E-state index in [-0.39, 0.29) is 11.9 Å². The van der Waals surface area contributed by atoms with Gasteiger partial charge in [-0.15, -0.1) is 0 Å².